The third-order valence-electron chi connectivity index (χ3n) is 1.44. The van der Waals surface area contributed by atoms with Crippen LogP contribution < -0.4 is 0 Å². The van der Waals surface area contributed by atoms with Gasteiger partial charge in [-0.05, 0) is 26.3 Å². The normalized spacial score (nSPS) is 13.9. The molecule has 0 rings (SSSR count). The Bertz CT molecular complexity index is 226. The summed E-state index contributed by atoms with van der Waals surface area (Å²) in [6.45, 7) is 5.13. The molecule has 2 heteroatoms. The summed E-state index contributed by atoms with van der Waals surface area (Å²) in [6.07, 6.45) is 2.42. The topological polar surface area (TPSA) is 23.8 Å². The lowest BCUT2D eigenvalue weighted by Crippen LogP contribution is -1.79. The minimum Gasteiger partial charge on any atom is -0.211 e. The fourth-order valence-electron chi connectivity index (χ4n) is 0.557. The molecule has 0 atom stereocenters. The maximum Gasteiger partial charge on any atom is 0.115 e. The van der Waals surface area contributed by atoms with Crippen molar-refractivity contribution < 1.29 is 4.39 Å². The first-order chi connectivity index (χ1) is 5.11. The Morgan fingerprint density at radius 1 is 1.55 bits per heavy atom. The zero-order valence-electron chi connectivity index (χ0n) is 7.11. The van der Waals surface area contributed by atoms with E-state index in [1.54, 1.807) is 12.1 Å². The van der Waals surface area contributed by atoms with Crippen molar-refractivity contribution in [3.05, 3.63) is 23.0 Å². The molecular formula is C9H12FN. The molecule has 0 saturated heterocycles. The van der Waals surface area contributed by atoms with Gasteiger partial charge >= 0.3 is 0 Å². The Morgan fingerprint density at radius 2 is 2.09 bits per heavy atom. The van der Waals surface area contributed by atoms with Gasteiger partial charge in [0.2, 0.25) is 0 Å². The molecule has 0 aliphatic heterocycles. The van der Waals surface area contributed by atoms with Gasteiger partial charge in [0.05, 0.1) is 5.57 Å². The molecule has 0 fully saturated rings. The second kappa shape index (κ2) is 4.68. The van der Waals surface area contributed by atoms with Gasteiger partial charge in [-0.1, -0.05) is 12.5 Å². The fraction of sp³-hybridized carbons (Fsp3) is 0.444. The van der Waals surface area contributed by atoms with Crippen molar-refractivity contribution in [3.63, 3.8) is 0 Å². The van der Waals surface area contributed by atoms with Crippen molar-refractivity contribution in [2.45, 2.75) is 27.2 Å². The molecule has 0 aliphatic carbocycles. The SMILES string of the molecule is CC/C(C)=C/C(C#N)=C(\C)F. The lowest BCUT2D eigenvalue weighted by molar-refractivity contribution is 0.635. The summed E-state index contributed by atoms with van der Waals surface area (Å²) in [6, 6.07) is 1.79. The summed E-state index contributed by atoms with van der Waals surface area (Å²) in [5.74, 6) is -0.416. The molecule has 0 radical (unpaired) electrons. The fourth-order valence-corrected chi connectivity index (χ4v) is 0.557. The molecule has 0 aromatic rings. The number of hydrogen-bond acceptors (Lipinski definition) is 1. The highest BCUT2D eigenvalue weighted by atomic mass is 19.1. The zero-order chi connectivity index (χ0) is 8.85. The molecule has 0 aromatic carbocycles. The Kier molecular flexibility index (Phi) is 4.21. The van der Waals surface area contributed by atoms with Gasteiger partial charge in [-0.3, -0.25) is 0 Å². The first kappa shape index (κ1) is 9.90. The number of nitrogens with zero attached hydrogens (tertiary/aromatic N) is 1. The van der Waals surface area contributed by atoms with Gasteiger partial charge in [0, 0.05) is 0 Å². The zero-order valence-corrected chi connectivity index (χ0v) is 7.11. The number of hydrogen-bond donors (Lipinski definition) is 0. The largest absolute Gasteiger partial charge is 0.211 e. The molecule has 0 amide bonds. The average Bonchev–Trinajstić information content (AvgIpc) is 1.99. The van der Waals surface area contributed by atoms with Crippen molar-refractivity contribution in [1.82, 2.24) is 0 Å². The van der Waals surface area contributed by atoms with Crippen LogP contribution in [0.3, 0.4) is 0 Å². The van der Waals surface area contributed by atoms with E-state index in [4.69, 9.17) is 5.26 Å². The monoisotopic (exact) mass is 153 g/mol. The summed E-state index contributed by atoms with van der Waals surface area (Å²) in [7, 11) is 0. The molecule has 0 spiro atoms. The second-order valence-corrected chi connectivity index (χ2v) is 2.40. The molecule has 0 aromatic heterocycles. The van der Waals surface area contributed by atoms with E-state index in [2.05, 4.69) is 0 Å². The molecule has 0 bridgehead atoms. The van der Waals surface area contributed by atoms with E-state index in [1.807, 2.05) is 13.8 Å². The van der Waals surface area contributed by atoms with E-state index in [1.165, 1.54) is 6.92 Å². The van der Waals surface area contributed by atoms with Crippen LogP contribution in [-0.2, 0) is 0 Å². The van der Waals surface area contributed by atoms with Crippen LogP contribution in [-0.4, -0.2) is 0 Å². The average molecular weight is 153 g/mol. The smallest absolute Gasteiger partial charge is 0.115 e. The summed E-state index contributed by atoms with van der Waals surface area (Å²) in [5, 5.41) is 8.45. The van der Waals surface area contributed by atoms with Gasteiger partial charge in [-0.15, -0.1) is 0 Å². The maximum absolute atomic E-state index is 12.5. The van der Waals surface area contributed by atoms with E-state index in [-0.39, 0.29) is 5.57 Å². The van der Waals surface area contributed by atoms with Gasteiger partial charge in [0.25, 0.3) is 0 Å². The molecule has 0 heterocycles. The van der Waals surface area contributed by atoms with Gasteiger partial charge in [-0.25, -0.2) is 4.39 Å². The van der Waals surface area contributed by atoms with E-state index >= 15 is 0 Å². The van der Waals surface area contributed by atoms with Gasteiger partial charge in [0.15, 0.2) is 0 Å². The first-order valence-electron chi connectivity index (χ1n) is 3.55. The second-order valence-electron chi connectivity index (χ2n) is 2.40. The number of allylic oxidation sites excluding steroid dienone is 4. The predicted octanol–water partition coefficient (Wildman–Crippen LogP) is 3.11. The van der Waals surface area contributed by atoms with Crippen molar-refractivity contribution >= 4 is 0 Å². The molecule has 0 N–H and O–H groups in total. The molecule has 0 saturated carbocycles. The third kappa shape index (κ3) is 3.57. The minimum atomic E-state index is -0.416. The Morgan fingerprint density at radius 3 is 2.36 bits per heavy atom. The lowest BCUT2D eigenvalue weighted by Gasteiger charge is -1.93. The highest BCUT2D eigenvalue weighted by molar-refractivity contribution is 5.36. The van der Waals surface area contributed by atoms with Crippen molar-refractivity contribution in [3.8, 4) is 6.07 Å². The summed E-state index contributed by atoms with van der Waals surface area (Å²) in [5.41, 5.74) is 1.14. The lowest BCUT2D eigenvalue weighted by atomic mass is 10.1. The van der Waals surface area contributed by atoms with E-state index in [0.717, 1.165) is 12.0 Å². The van der Waals surface area contributed by atoms with Crippen LogP contribution in [0.2, 0.25) is 0 Å². The Hall–Kier alpha value is -1.10. The van der Waals surface area contributed by atoms with Crippen LogP contribution >= 0.6 is 0 Å². The highest BCUT2D eigenvalue weighted by Crippen LogP contribution is 2.10. The van der Waals surface area contributed by atoms with Crippen LogP contribution in [0.5, 0.6) is 0 Å². The number of nitriles is 1. The third-order valence-corrected chi connectivity index (χ3v) is 1.44. The van der Waals surface area contributed by atoms with E-state index in [0.29, 0.717) is 0 Å². The molecule has 0 unspecified atom stereocenters. The van der Waals surface area contributed by atoms with Crippen molar-refractivity contribution in [2.24, 2.45) is 0 Å². The van der Waals surface area contributed by atoms with Crippen LogP contribution in [0.1, 0.15) is 27.2 Å². The Labute approximate surface area is 66.8 Å². The first-order valence-corrected chi connectivity index (χ1v) is 3.55. The van der Waals surface area contributed by atoms with Gasteiger partial charge in [0.1, 0.15) is 11.9 Å². The Balaban J connectivity index is 4.62. The molecular weight excluding hydrogens is 141 g/mol. The van der Waals surface area contributed by atoms with Crippen molar-refractivity contribution in [2.75, 3.05) is 0 Å². The molecule has 60 valence electrons. The highest BCUT2D eigenvalue weighted by Gasteiger charge is 1.96. The van der Waals surface area contributed by atoms with Gasteiger partial charge < -0.3 is 0 Å². The molecule has 0 aliphatic rings. The van der Waals surface area contributed by atoms with Gasteiger partial charge in [-0.2, -0.15) is 5.26 Å². The summed E-state index contributed by atoms with van der Waals surface area (Å²) >= 11 is 0. The van der Waals surface area contributed by atoms with Crippen LogP contribution in [0.4, 0.5) is 4.39 Å². The number of rotatable bonds is 2. The summed E-state index contributed by atoms with van der Waals surface area (Å²) in [4.78, 5) is 0. The van der Waals surface area contributed by atoms with E-state index < -0.39 is 5.83 Å². The van der Waals surface area contributed by atoms with Crippen LogP contribution in [0.15, 0.2) is 23.0 Å². The standard InChI is InChI=1S/C9H12FN/c1-4-7(2)5-9(6-11)8(3)10/h5H,4H2,1-3H3/b7-5+,9-8-. The quantitative estimate of drug-likeness (QED) is 0.441. The van der Waals surface area contributed by atoms with E-state index in [9.17, 15) is 4.39 Å². The van der Waals surface area contributed by atoms with Crippen LogP contribution in [0, 0.1) is 11.3 Å². The van der Waals surface area contributed by atoms with Crippen LogP contribution in [0.25, 0.3) is 0 Å². The predicted molar refractivity (Wildman–Crippen MR) is 43.5 cm³/mol. The number of halogens is 1. The summed E-state index contributed by atoms with van der Waals surface area (Å²) < 4.78 is 12.5. The van der Waals surface area contributed by atoms with Crippen molar-refractivity contribution in [1.29, 1.82) is 5.26 Å². The molecule has 11 heavy (non-hydrogen) atoms. The molecule has 1 nitrogen and oxygen atoms in total. The minimum absolute atomic E-state index is 0.129. The maximum atomic E-state index is 12.5.